The second kappa shape index (κ2) is 15.6. The molecule has 0 N–H and O–H groups in total. The third kappa shape index (κ3) is 6.75. The summed E-state index contributed by atoms with van der Waals surface area (Å²) < 4.78 is 0. The smallest absolute Gasteiger partial charge is 0.0809 e. The van der Waals surface area contributed by atoms with E-state index in [0.29, 0.717) is 11.4 Å². The van der Waals surface area contributed by atoms with Crippen LogP contribution in [0, 0.1) is 0 Å². The second-order valence-electron chi connectivity index (χ2n) is 9.58. The number of halogens is 14. The summed E-state index contributed by atoms with van der Waals surface area (Å²) in [4.78, 5) is 1.39. The Morgan fingerprint density at radius 2 is 0.625 bits per heavy atom. The second-order valence-corrected chi connectivity index (χ2v) is 14.9. The van der Waals surface area contributed by atoms with Crippen LogP contribution in [0.25, 0.3) is 11.5 Å². The van der Waals surface area contributed by atoms with E-state index < -0.39 is 5.88 Å². The Hall–Kier alpha value is -0.500. The SMILES string of the molecule is [O-]C(=c1c(Cl)c(Cl)c(=C(c2c(Cl)c(Cl)c(Cl)c(Cl)c2Cl)c2c(Cl)c(Cl)c(Cl)c(Cl)c2Cl)c(Cl)c1Cl)N(c1ccccc1)c1ccccc1. The van der Waals surface area contributed by atoms with Crippen molar-refractivity contribution in [1.29, 1.82) is 0 Å². The molecule has 0 atom stereocenters. The fourth-order valence-electron chi connectivity index (χ4n) is 4.71. The standard InChI is InChI=1S/C32H11Cl14NO/c33-18-14(13(15-20(35)26(41)30(45)27(42)21(15)36)16-22(37)28(43)31(46)29(44)23(16)38)19(34)25(40)17(24(18)39)32(48)47(11-7-3-1-4-8-11)12-9-5-2-6-10-12/h1-10,48H/p-1. The molecule has 0 unspecified atom stereocenters. The topological polar surface area (TPSA) is 26.3 Å². The molecule has 0 amide bonds. The molecule has 5 aromatic carbocycles. The number of para-hydroxylation sites is 2. The molecule has 16 heteroatoms. The number of anilines is 2. The number of nitrogens with zero attached hydrogens (tertiary/aromatic N) is 1. The van der Waals surface area contributed by atoms with Gasteiger partial charge in [0, 0.05) is 38.5 Å². The molecule has 0 radical (unpaired) electrons. The van der Waals surface area contributed by atoms with E-state index >= 15 is 0 Å². The van der Waals surface area contributed by atoms with Crippen molar-refractivity contribution in [3.05, 3.63) is 153 Å². The highest BCUT2D eigenvalue weighted by molar-refractivity contribution is 6.58. The van der Waals surface area contributed by atoms with E-state index in [1.54, 1.807) is 60.7 Å². The maximum absolute atomic E-state index is 14.4. The minimum absolute atomic E-state index is 0.110. The molecule has 248 valence electrons. The Kier molecular flexibility index (Phi) is 12.6. The minimum Gasteiger partial charge on any atom is -0.859 e. The van der Waals surface area contributed by atoms with Gasteiger partial charge in [0.1, 0.15) is 0 Å². The molecule has 0 aliphatic rings. The van der Waals surface area contributed by atoms with Crippen molar-refractivity contribution in [1.82, 2.24) is 0 Å². The van der Waals surface area contributed by atoms with Crippen LogP contribution in [0.3, 0.4) is 0 Å². The van der Waals surface area contributed by atoms with E-state index in [-0.39, 0.29) is 97.5 Å². The molecule has 0 saturated heterocycles. The van der Waals surface area contributed by atoms with Gasteiger partial charge >= 0.3 is 0 Å². The van der Waals surface area contributed by atoms with Gasteiger partial charge in [0.2, 0.25) is 0 Å². The molecular weight excluding hydrogens is 911 g/mol. The van der Waals surface area contributed by atoms with Crippen molar-refractivity contribution in [2.45, 2.75) is 0 Å². The van der Waals surface area contributed by atoms with Crippen LogP contribution in [0.15, 0.2) is 60.7 Å². The molecule has 2 nitrogen and oxygen atoms in total. The summed E-state index contributed by atoms with van der Waals surface area (Å²) in [6, 6.07) is 17.6. The summed E-state index contributed by atoms with van der Waals surface area (Å²) in [6.07, 6.45) is 0. The molecule has 0 aromatic heterocycles. The van der Waals surface area contributed by atoms with Crippen molar-refractivity contribution in [2.75, 3.05) is 4.90 Å². The van der Waals surface area contributed by atoms with E-state index in [1.165, 1.54) is 4.90 Å². The first-order valence-electron chi connectivity index (χ1n) is 12.8. The maximum atomic E-state index is 14.4. The fraction of sp³-hybridized carbons (Fsp3) is 0. The van der Waals surface area contributed by atoms with Crippen molar-refractivity contribution >= 4 is 185 Å². The Morgan fingerprint density at radius 1 is 0.354 bits per heavy atom. The predicted octanol–water partition coefficient (Wildman–Crippen LogP) is 14.3. The number of benzene rings is 5. The maximum Gasteiger partial charge on any atom is 0.0809 e. The lowest BCUT2D eigenvalue weighted by atomic mass is 9.94. The Morgan fingerprint density at radius 3 is 0.938 bits per heavy atom. The first kappa shape index (κ1) is 38.7. The van der Waals surface area contributed by atoms with Crippen LogP contribution in [0.5, 0.6) is 0 Å². The van der Waals surface area contributed by atoms with Gasteiger partial charge in [-0.3, -0.25) is 0 Å². The highest BCUT2D eigenvalue weighted by atomic mass is 35.5. The number of rotatable bonds is 5. The molecular formula is C32H10Cl14NO-. The highest BCUT2D eigenvalue weighted by Gasteiger charge is 2.31. The first-order chi connectivity index (χ1) is 22.6. The summed E-state index contributed by atoms with van der Waals surface area (Å²) in [5.41, 5.74) is 0.652. The minimum atomic E-state index is -0.665. The van der Waals surface area contributed by atoms with E-state index in [9.17, 15) is 5.11 Å². The van der Waals surface area contributed by atoms with Crippen LogP contribution in [-0.2, 0) is 0 Å². The first-order valence-corrected chi connectivity index (χ1v) is 18.1. The van der Waals surface area contributed by atoms with Gasteiger partial charge in [0.05, 0.1) is 70.3 Å². The zero-order valence-corrected chi connectivity index (χ0v) is 33.5. The van der Waals surface area contributed by atoms with Gasteiger partial charge in [-0.1, -0.05) is 199 Å². The molecule has 0 fully saturated rings. The lowest BCUT2D eigenvalue weighted by molar-refractivity contribution is -0.250. The summed E-state index contributed by atoms with van der Waals surface area (Å²) in [5, 5.41) is 10.8. The monoisotopic (exact) mass is 914 g/mol. The van der Waals surface area contributed by atoms with E-state index in [4.69, 9.17) is 162 Å². The fourth-order valence-corrected chi connectivity index (χ4v) is 8.57. The van der Waals surface area contributed by atoms with Crippen LogP contribution >= 0.6 is 162 Å². The van der Waals surface area contributed by atoms with Gasteiger partial charge in [-0.15, -0.1) is 0 Å². The van der Waals surface area contributed by atoms with Gasteiger partial charge in [-0.2, -0.15) is 0 Å². The van der Waals surface area contributed by atoms with E-state index in [1.807, 2.05) is 0 Å². The summed E-state index contributed by atoms with van der Waals surface area (Å²) >= 11 is 93.4. The van der Waals surface area contributed by atoms with Crippen molar-refractivity contribution in [2.24, 2.45) is 0 Å². The van der Waals surface area contributed by atoms with Crippen molar-refractivity contribution in [3.63, 3.8) is 0 Å². The summed E-state index contributed by atoms with van der Waals surface area (Å²) in [5.74, 6) is -0.665. The largest absolute Gasteiger partial charge is 0.859 e. The Bertz CT molecular complexity index is 2040. The van der Waals surface area contributed by atoms with Crippen molar-refractivity contribution < 1.29 is 5.11 Å². The average molecular weight is 921 g/mol. The van der Waals surface area contributed by atoms with Gasteiger partial charge in [0.15, 0.2) is 0 Å². The number of hydrogen-bond acceptors (Lipinski definition) is 2. The Labute approximate surface area is 344 Å². The zero-order valence-electron chi connectivity index (χ0n) is 22.9. The van der Waals surface area contributed by atoms with Crippen LogP contribution in [0.4, 0.5) is 11.4 Å². The molecule has 0 heterocycles. The molecule has 0 aliphatic carbocycles. The molecule has 5 aromatic rings. The van der Waals surface area contributed by atoms with Gasteiger partial charge in [-0.25, -0.2) is 0 Å². The molecule has 5 rings (SSSR count). The van der Waals surface area contributed by atoms with Gasteiger partial charge < -0.3 is 10.0 Å². The third-order valence-electron chi connectivity index (χ3n) is 6.88. The quantitative estimate of drug-likeness (QED) is 0.130. The van der Waals surface area contributed by atoms with Crippen LogP contribution in [0.1, 0.15) is 11.1 Å². The lowest BCUT2D eigenvalue weighted by Crippen LogP contribution is -2.34. The van der Waals surface area contributed by atoms with Crippen LogP contribution < -0.4 is 20.4 Å². The molecule has 48 heavy (non-hydrogen) atoms. The average Bonchev–Trinajstić information content (AvgIpc) is 3.08. The molecule has 0 saturated carbocycles. The van der Waals surface area contributed by atoms with Crippen molar-refractivity contribution in [3.8, 4) is 0 Å². The normalized spacial score (nSPS) is 11.2. The highest BCUT2D eigenvalue weighted by Crippen LogP contribution is 2.52. The van der Waals surface area contributed by atoms with E-state index in [0.717, 1.165) is 0 Å². The van der Waals surface area contributed by atoms with Crippen LogP contribution in [0.2, 0.25) is 70.3 Å². The van der Waals surface area contributed by atoms with Crippen LogP contribution in [-0.4, -0.2) is 0 Å². The molecule has 0 bridgehead atoms. The zero-order chi connectivity index (χ0) is 35.4. The number of hydrogen-bond donors (Lipinski definition) is 0. The third-order valence-corrected chi connectivity index (χ3v) is 13.1. The summed E-state index contributed by atoms with van der Waals surface area (Å²) in [6.45, 7) is 0. The Balaban J connectivity index is 2.07. The lowest BCUT2D eigenvalue weighted by Gasteiger charge is -2.32. The van der Waals surface area contributed by atoms with E-state index in [2.05, 4.69) is 0 Å². The molecule has 0 spiro atoms. The summed E-state index contributed by atoms with van der Waals surface area (Å²) in [7, 11) is 0. The van der Waals surface area contributed by atoms with Gasteiger partial charge in [-0.05, 0) is 30.1 Å². The predicted molar refractivity (Wildman–Crippen MR) is 209 cm³/mol. The molecule has 0 aliphatic heterocycles. The van der Waals surface area contributed by atoms with Gasteiger partial charge in [0.25, 0.3) is 0 Å².